The van der Waals surface area contributed by atoms with Gasteiger partial charge in [-0.3, -0.25) is 0 Å². The van der Waals surface area contributed by atoms with E-state index in [9.17, 15) is 8.78 Å². The van der Waals surface area contributed by atoms with Crippen molar-refractivity contribution in [3.8, 4) is 23.0 Å². The Kier molecular flexibility index (Phi) is 4.16. The predicted molar refractivity (Wildman–Crippen MR) is 81.4 cm³/mol. The maximum absolute atomic E-state index is 13.9. The zero-order valence-electron chi connectivity index (χ0n) is 11.9. The first-order valence-corrected chi connectivity index (χ1v) is 6.99. The van der Waals surface area contributed by atoms with Crippen LogP contribution in [-0.2, 0) is 0 Å². The number of hydrogen-bond donors (Lipinski definition) is 0. The summed E-state index contributed by atoms with van der Waals surface area (Å²) in [6.45, 7) is 1.75. The minimum absolute atomic E-state index is 0.0870. The van der Waals surface area contributed by atoms with Crippen molar-refractivity contribution in [1.82, 2.24) is 15.0 Å². The van der Waals surface area contributed by atoms with Crippen LogP contribution in [0, 0.1) is 18.6 Å². The van der Waals surface area contributed by atoms with E-state index in [1.807, 2.05) is 0 Å². The fourth-order valence-corrected chi connectivity index (χ4v) is 2.05. The zero-order valence-corrected chi connectivity index (χ0v) is 12.7. The van der Waals surface area contributed by atoms with Crippen LogP contribution in [0.4, 0.5) is 8.78 Å². The molecule has 0 saturated heterocycles. The van der Waals surface area contributed by atoms with E-state index < -0.39 is 11.6 Å². The first-order chi connectivity index (χ1) is 11.0. The van der Waals surface area contributed by atoms with E-state index in [1.165, 1.54) is 24.5 Å². The molecule has 0 saturated carbocycles. The van der Waals surface area contributed by atoms with Crippen molar-refractivity contribution in [2.45, 2.75) is 6.92 Å². The van der Waals surface area contributed by atoms with E-state index in [1.54, 1.807) is 13.0 Å². The predicted octanol–water partition coefficient (Wildman–Crippen LogP) is 4.57. The number of benzene rings is 1. The normalized spacial score (nSPS) is 10.6. The summed E-state index contributed by atoms with van der Waals surface area (Å²) in [5.74, 6) is -0.616. The highest BCUT2D eigenvalue weighted by Gasteiger charge is 2.13. The van der Waals surface area contributed by atoms with Gasteiger partial charge >= 0.3 is 0 Å². The molecule has 1 aromatic carbocycles. The fraction of sp³-hybridized carbons (Fsp3) is 0.0625. The van der Waals surface area contributed by atoms with E-state index in [-0.39, 0.29) is 22.4 Å². The lowest BCUT2D eigenvalue weighted by Crippen LogP contribution is -1.98. The summed E-state index contributed by atoms with van der Waals surface area (Å²) in [4.78, 5) is 12.1. The molecule has 0 fully saturated rings. The topological polar surface area (TPSA) is 47.9 Å². The summed E-state index contributed by atoms with van der Waals surface area (Å²) >= 11 is 5.80. The molecule has 0 aliphatic rings. The molecule has 0 atom stereocenters. The lowest BCUT2D eigenvalue weighted by atomic mass is 10.2. The van der Waals surface area contributed by atoms with Gasteiger partial charge in [-0.25, -0.2) is 18.7 Å². The molecule has 3 aromatic rings. The van der Waals surface area contributed by atoms with Gasteiger partial charge in [0.1, 0.15) is 22.5 Å². The number of ether oxygens (including phenoxy) is 1. The molecule has 0 unspecified atom stereocenters. The van der Waals surface area contributed by atoms with Gasteiger partial charge in [-0.05, 0) is 25.1 Å². The van der Waals surface area contributed by atoms with Crippen molar-refractivity contribution in [2.24, 2.45) is 0 Å². The number of hydrogen-bond acceptors (Lipinski definition) is 4. The lowest BCUT2D eigenvalue weighted by molar-refractivity contribution is 0.457. The number of aromatic nitrogens is 3. The van der Waals surface area contributed by atoms with Gasteiger partial charge in [0.05, 0.1) is 5.56 Å². The van der Waals surface area contributed by atoms with Crippen molar-refractivity contribution in [2.75, 3.05) is 0 Å². The van der Waals surface area contributed by atoms with Gasteiger partial charge in [0.2, 0.25) is 5.88 Å². The summed E-state index contributed by atoms with van der Waals surface area (Å²) in [6.07, 6.45) is 3.00. The number of aryl methyl sites for hydroxylation is 1. The minimum atomic E-state index is -0.744. The van der Waals surface area contributed by atoms with Gasteiger partial charge in [0, 0.05) is 30.1 Å². The number of halogens is 3. The maximum Gasteiger partial charge on any atom is 0.225 e. The van der Waals surface area contributed by atoms with Crippen LogP contribution >= 0.6 is 11.6 Å². The Hall–Kier alpha value is -2.60. The third-order valence-electron chi connectivity index (χ3n) is 3.01. The van der Waals surface area contributed by atoms with Gasteiger partial charge in [-0.2, -0.15) is 4.98 Å². The molecule has 0 aliphatic heterocycles. The summed E-state index contributed by atoms with van der Waals surface area (Å²) < 4.78 is 32.5. The molecule has 3 rings (SSSR count). The Balaban J connectivity index is 1.99. The summed E-state index contributed by atoms with van der Waals surface area (Å²) in [6, 6.07) is 6.35. The number of pyridine rings is 1. The highest BCUT2D eigenvalue weighted by molar-refractivity contribution is 6.29. The third-order valence-corrected chi connectivity index (χ3v) is 3.22. The van der Waals surface area contributed by atoms with Crippen LogP contribution in [0.3, 0.4) is 0 Å². The van der Waals surface area contributed by atoms with E-state index in [0.29, 0.717) is 11.3 Å². The van der Waals surface area contributed by atoms with Gasteiger partial charge in [0.15, 0.2) is 5.82 Å². The largest absolute Gasteiger partial charge is 0.438 e. The molecular formula is C16H10ClF2N3O. The summed E-state index contributed by atoms with van der Waals surface area (Å²) in [5.41, 5.74) is 0.744. The smallest absolute Gasteiger partial charge is 0.225 e. The monoisotopic (exact) mass is 333 g/mol. The molecule has 0 bridgehead atoms. The Labute approximate surface area is 135 Å². The molecule has 0 N–H and O–H groups in total. The Morgan fingerprint density at radius 3 is 2.65 bits per heavy atom. The highest BCUT2D eigenvalue weighted by atomic mass is 35.5. The van der Waals surface area contributed by atoms with Crippen LogP contribution in [0.15, 0.2) is 42.7 Å². The van der Waals surface area contributed by atoms with Crippen LogP contribution in [0.25, 0.3) is 11.4 Å². The standard InChI is InChI=1S/C16H10ClF2N3O/c1-9-8-21-15(12-3-2-10(18)6-13(12)19)22-16(9)23-11-4-5-20-14(17)7-11/h2-8H,1H3. The molecule has 7 heteroatoms. The molecule has 116 valence electrons. The Morgan fingerprint density at radius 2 is 1.91 bits per heavy atom. The van der Waals surface area contributed by atoms with Crippen molar-refractivity contribution >= 4 is 11.6 Å². The highest BCUT2D eigenvalue weighted by Crippen LogP contribution is 2.27. The van der Waals surface area contributed by atoms with Crippen LogP contribution < -0.4 is 4.74 Å². The molecular weight excluding hydrogens is 324 g/mol. The molecule has 2 heterocycles. The van der Waals surface area contributed by atoms with Crippen molar-refractivity contribution in [3.63, 3.8) is 0 Å². The van der Waals surface area contributed by atoms with Crippen molar-refractivity contribution < 1.29 is 13.5 Å². The van der Waals surface area contributed by atoms with E-state index in [4.69, 9.17) is 16.3 Å². The molecule has 4 nitrogen and oxygen atoms in total. The third kappa shape index (κ3) is 3.43. The molecule has 0 spiro atoms. The van der Waals surface area contributed by atoms with E-state index >= 15 is 0 Å². The maximum atomic E-state index is 13.9. The van der Waals surface area contributed by atoms with Crippen LogP contribution in [0.2, 0.25) is 5.15 Å². The van der Waals surface area contributed by atoms with Gasteiger partial charge in [-0.1, -0.05) is 11.6 Å². The van der Waals surface area contributed by atoms with Crippen molar-refractivity contribution in [1.29, 1.82) is 0 Å². The minimum Gasteiger partial charge on any atom is -0.438 e. The molecule has 23 heavy (non-hydrogen) atoms. The fourth-order valence-electron chi connectivity index (χ4n) is 1.89. The Morgan fingerprint density at radius 1 is 1.09 bits per heavy atom. The average molecular weight is 334 g/mol. The molecule has 0 radical (unpaired) electrons. The number of nitrogens with zero attached hydrogens (tertiary/aromatic N) is 3. The van der Waals surface area contributed by atoms with Crippen LogP contribution in [-0.4, -0.2) is 15.0 Å². The lowest BCUT2D eigenvalue weighted by Gasteiger charge is -2.09. The zero-order chi connectivity index (χ0) is 16.4. The first-order valence-electron chi connectivity index (χ1n) is 6.61. The first kappa shape index (κ1) is 15.3. The second-order valence-corrected chi connectivity index (χ2v) is 5.11. The molecule has 0 aliphatic carbocycles. The van der Waals surface area contributed by atoms with Gasteiger partial charge < -0.3 is 4.74 Å². The summed E-state index contributed by atoms with van der Waals surface area (Å²) in [5, 5.41) is 0.277. The Bertz CT molecular complexity index is 874. The van der Waals surface area contributed by atoms with E-state index in [0.717, 1.165) is 12.1 Å². The van der Waals surface area contributed by atoms with E-state index in [2.05, 4.69) is 15.0 Å². The second kappa shape index (κ2) is 6.26. The van der Waals surface area contributed by atoms with Crippen LogP contribution in [0.1, 0.15) is 5.56 Å². The SMILES string of the molecule is Cc1cnc(-c2ccc(F)cc2F)nc1Oc1ccnc(Cl)c1. The quantitative estimate of drug-likeness (QED) is 0.659. The van der Waals surface area contributed by atoms with Crippen molar-refractivity contribution in [3.05, 3.63) is 65.1 Å². The van der Waals surface area contributed by atoms with Crippen LogP contribution in [0.5, 0.6) is 11.6 Å². The van der Waals surface area contributed by atoms with Gasteiger partial charge in [-0.15, -0.1) is 0 Å². The number of rotatable bonds is 3. The molecule has 2 aromatic heterocycles. The van der Waals surface area contributed by atoms with Gasteiger partial charge in [0.25, 0.3) is 0 Å². The average Bonchev–Trinajstić information content (AvgIpc) is 2.50. The summed E-state index contributed by atoms with van der Waals surface area (Å²) in [7, 11) is 0. The second-order valence-electron chi connectivity index (χ2n) is 4.72. The molecule has 0 amide bonds.